The van der Waals surface area contributed by atoms with Crippen molar-refractivity contribution in [2.24, 2.45) is 17.8 Å². The first-order valence-electron chi connectivity index (χ1n) is 38.9. The molecule has 94 heavy (non-hydrogen) atoms. The summed E-state index contributed by atoms with van der Waals surface area (Å²) in [6.45, 7) is 11.9. The number of rotatable bonds is 73. The number of carbonyl (C=O) groups excluding carboxylic acids is 4. The molecule has 19 heteroatoms. The quantitative estimate of drug-likeness (QED) is 0.0222. The Bertz CT molecular complexity index is 1840. The number of aliphatic hydroxyl groups is 1. The average Bonchev–Trinajstić information content (AvgIpc) is 1.78. The first-order chi connectivity index (χ1) is 45.3. The summed E-state index contributed by atoms with van der Waals surface area (Å²) in [5.74, 6) is 0.211. The molecule has 17 nitrogen and oxygen atoms in total. The highest BCUT2D eigenvalue weighted by molar-refractivity contribution is 7.47. The maximum absolute atomic E-state index is 13.1. The molecule has 0 saturated carbocycles. The normalized spacial score (nSPS) is 14.7. The predicted octanol–water partition coefficient (Wildman–Crippen LogP) is 21.8. The number of unbranched alkanes of at least 4 members (excludes halogenated alkanes) is 39. The van der Waals surface area contributed by atoms with E-state index in [9.17, 15) is 43.2 Å². The van der Waals surface area contributed by atoms with Gasteiger partial charge in [0, 0.05) is 25.7 Å². The fourth-order valence-electron chi connectivity index (χ4n) is 11.4. The Morgan fingerprint density at radius 3 is 0.809 bits per heavy atom. The topological polar surface area (TPSA) is 237 Å². The van der Waals surface area contributed by atoms with Crippen molar-refractivity contribution in [2.45, 2.75) is 401 Å². The van der Waals surface area contributed by atoms with Gasteiger partial charge in [0.25, 0.3) is 0 Å². The van der Waals surface area contributed by atoms with Crippen LogP contribution in [0.25, 0.3) is 0 Å². The van der Waals surface area contributed by atoms with E-state index in [1.807, 2.05) is 0 Å². The molecule has 0 spiro atoms. The Hall–Kier alpha value is -1.94. The van der Waals surface area contributed by atoms with Gasteiger partial charge < -0.3 is 33.8 Å². The van der Waals surface area contributed by atoms with E-state index in [-0.39, 0.29) is 25.7 Å². The van der Waals surface area contributed by atoms with Crippen LogP contribution < -0.4 is 0 Å². The van der Waals surface area contributed by atoms with Gasteiger partial charge in [-0.05, 0) is 43.4 Å². The number of carbonyl (C=O) groups is 4. The molecule has 7 atom stereocenters. The number of phosphoric acid groups is 2. The lowest BCUT2D eigenvalue weighted by Crippen LogP contribution is -2.30. The van der Waals surface area contributed by atoms with Gasteiger partial charge in [0.15, 0.2) is 12.2 Å². The molecule has 0 aromatic rings. The molecule has 558 valence electrons. The lowest BCUT2D eigenvalue weighted by atomic mass is 9.99. The third kappa shape index (κ3) is 66.0. The van der Waals surface area contributed by atoms with Crippen LogP contribution in [0.1, 0.15) is 382 Å². The van der Waals surface area contributed by atoms with E-state index in [1.54, 1.807) is 0 Å². The smallest absolute Gasteiger partial charge is 0.462 e. The van der Waals surface area contributed by atoms with Crippen LogP contribution in [-0.2, 0) is 65.4 Å². The zero-order valence-corrected chi connectivity index (χ0v) is 63.2. The second kappa shape index (κ2) is 65.7. The highest BCUT2D eigenvalue weighted by Gasteiger charge is 2.30. The molecule has 3 N–H and O–H groups in total. The van der Waals surface area contributed by atoms with Crippen molar-refractivity contribution < 1.29 is 80.2 Å². The molecule has 0 aromatic carbocycles. The fourth-order valence-corrected chi connectivity index (χ4v) is 12.9. The minimum atomic E-state index is -4.96. The summed E-state index contributed by atoms with van der Waals surface area (Å²) in [5, 5.41) is 10.6. The molecule has 0 aromatic heterocycles. The van der Waals surface area contributed by atoms with Crippen molar-refractivity contribution in [1.29, 1.82) is 0 Å². The van der Waals surface area contributed by atoms with E-state index >= 15 is 0 Å². The summed E-state index contributed by atoms with van der Waals surface area (Å²) in [6, 6.07) is 0. The fraction of sp³-hybridized carbons (Fsp3) is 0.947. The predicted molar refractivity (Wildman–Crippen MR) is 381 cm³/mol. The van der Waals surface area contributed by atoms with E-state index < -0.39 is 97.5 Å². The molecule has 0 aliphatic rings. The van der Waals surface area contributed by atoms with Gasteiger partial charge in [0.1, 0.15) is 19.3 Å². The first kappa shape index (κ1) is 92.1. The Morgan fingerprint density at radius 1 is 0.309 bits per heavy atom. The molecule has 0 heterocycles. The van der Waals surface area contributed by atoms with Gasteiger partial charge in [-0.1, -0.05) is 331 Å². The van der Waals surface area contributed by atoms with Gasteiger partial charge in [-0.2, -0.15) is 0 Å². The number of hydrogen-bond donors (Lipinski definition) is 3. The molecule has 0 aliphatic heterocycles. The Balaban J connectivity index is 5.17. The minimum absolute atomic E-state index is 0.103. The monoisotopic (exact) mass is 1380 g/mol. The average molecular weight is 1380 g/mol. The molecule has 0 amide bonds. The van der Waals surface area contributed by atoms with Gasteiger partial charge in [-0.15, -0.1) is 0 Å². The second-order valence-electron chi connectivity index (χ2n) is 28.0. The number of esters is 4. The van der Waals surface area contributed by atoms with Gasteiger partial charge in [0.05, 0.1) is 26.4 Å². The van der Waals surface area contributed by atoms with Crippen molar-refractivity contribution in [3.8, 4) is 0 Å². The summed E-state index contributed by atoms with van der Waals surface area (Å²) < 4.78 is 68.4. The maximum Gasteiger partial charge on any atom is 0.472 e. The van der Waals surface area contributed by atoms with Gasteiger partial charge in [-0.25, -0.2) is 9.13 Å². The molecule has 0 fully saturated rings. The minimum Gasteiger partial charge on any atom is -0.462 e. The van der Waals surface area contributed by atoms with Crippen LogP contribution >= 0.6 is 15.6 Å². The van der Waals surface area contributed by atoms with Gasteiger partial charge in [0.2, 0.25) is 0 Å². The third-order valence-electron chi connectivity index (χ3n) is 18.1. The van der Waals surface area contributed by atoms with Crippen LogP contribution in [0.2, 0.25) is 0 Å². The summed E-state index contributed by atoms with van der Waals surface area (Å²) in [7, 11) is -9.91. The standard InChI is InChI=1S/C75H146O17P2/c1-8-11-12-13-14-15-29-34-42-49-56-72(77)86-63-71(92-75(80)59-52-45-38-37-41-48-55-68(7)10-3)65-90-94(83,84)88-61-69(76)60-87-93(81,82)89-64-70(62-85-73(78)57-50-43-35-31-26-27-32-39-46-53-66(4)5)91-74(79)58-51-44-36-30-25-23-21-19-17-16-18-20-22-24-28-33-40-47-54-67(6)9-2/h66-71,76H,8-65H2,1-7H3,(H,81,82)(H,83,84)/t67?,68?,69-,70-,71-/m1/s1. The van der Waals surface area contributed by atoms with Gasteiger partial charge >= 0.3 is 39.5 Å². The molecule has 0 rings (SSSR count). The highest BCUT2D eigenvalue weighted by atomic mass is 31.2. The number of hydrogen-bond acceptors (Lipinski definition) is 15. The summed E-state index contributed by atoms with van der Waals surface area (Å²) in [5.41, 5.74) is 0. The molecular formula is C75H146O17P2. The van der Waals surface area contributed by atoms with E-state index in [0.29, 0.717) is 25.7 Å². The Labute approximate surface area is 575 Å². The lowest BCUT2D eigenvalue weighted by molar-refractivity contribution is -0.161. The molecular weight excluding hydrogens is 1230 g/mol. The maximum atomic E-state index is 13.1. The van der Waals surface area contributed by atoms with Crippen LogP contribution in [0.3, 0.4) is 0 Å². The van der Waals surface area contributed by atoms with E-state index in [0.717, 1.165) is 108 Å². The number of phosphoric ester groups is 2. The van der Waals surface area contributed by atoms with Crippen molar-refractivity contribution in [3.05, 3.63) is 0 Å². The van der Waals surface area contributed by atoms with E-state index in [1.165, 1.54) is 193 Å². The van der Waals surface area contributed by atoms with Crippen LogP contribution in [0.15, 0.2) is 0 Å². The van der Waals surface area contributed by atoms with Gasteiger partial charge in [-0.3, -0.25) is 37.3 Å². The first-order valence-corrected chi connectivity index (χ1v) is 41.9. The molecule has 0 bridgehead atoms. The Morgan fingerprint density at radius 2 is 0.543 bits per heavy atom. The molecule has 0 radical (unpaired) electrons. The highest BCUT2D eigenvalue weighted by Crippen LogP contribution is 2.45. The zero-order valence-electron chi connectivity index (χ0n) is 61.4. The Kier molecular flexibility index (Phi) is 64.3. The number of ether oxygens (including phenoxy) is 4. The van der Waals surface area contributed by atoms with Crippen molar-refractivity contribution in [3.63, 3.8) is 0 Å². The molecule has 0 aliphatic carbocycles. The van der Waals surface area contributed by atoms with Crippen LogP contribution in [-0.4, -0.2) is 96.7 Å². The molecule has 4 unspecified atom stereocenters. The van der Waals surface area contributed by atoms with Crippen molar-refractivity contribution in [2.75, 3.05) is 39.6 Å². The second-order valence-corrected chi connectivity index (χ2v) is 30.9. The van der Waals surface area contributed by atoms with Crippen LogP contribution in [0, 0.1) is 17.8 Å². The zero-order chi connectivity index (χ0) is 69.4. The van der Waals surface area contributed by atoms with Crippen molar-refractivity contribution in [1.82, 2.24) is 0 Å². The summed E-state index contributed by atoms with van der Waals surface area (Å²) >= 11 is 0. The largest absolute Gasteiger partial charge is 0.472 e. The third-order valence-corrected chi connectivity index (χ3v) is 20.0. The van der Waals surface area contributed by atoms with E-state index in [2.05, 4.69) is 48.5 Å². The SMILES string of the molecule is CCCCCCCCCCCCC(=O)OC[C@H](COP(=O)(O)OC[C@H](O)COP(=O)(O)OC[C@@H](COC(=O)CCCCCCCCCCCC(C)C)OC(=O)CCCCCCCCCCCCCCCCCCCCC(C)CC)OC(=O)CCCCCCCCC(C)CC. The summed E-state index contributed by atoms with van der Waals surface area (Å²) in [4.78, 5) is 72.7. The van der Waals surface area contributed by atoms with Crippen LogP contribution in [0.4, 0.5) is 0 Å². The number of aliphatic hydroxyl groups excluding tert-OH is 1. The van der Waals surface area contributed by atoms with E-state index in [4.69, 9.17) is 37.0 Å². The van der Waals surface area contributed by atoms with Crippen LogP contribution in [0.5, 0.6) is 0 Å². The summed E-state index contributed by atoms with van der Waals surface area (Å²) in [6.07, 6.45) is 51.5. The van der Waals surface area contributed by atoms with Crippen molar-refractivity contribution >= 4 is 39.5 Å². The lowest BCUT2D eigenvalue weighted by Gasteiger charge is -2.21. The molecule has 0 saturated heterocycles.